The minimum Gasteiger partial charge on any atom is -0.497 e. The van der Waals surface area contributed by atoms with E-state index in [0.717, 1.165) is 27.7 Å². The molecule has 0 radical (unpaired) electrons. The standard InChI is InChI=1S/C49H35NOS/c1-51-39-26-21-36(22-27-39)50(37-23-28-40(52)29-24-37)38-25-30-43-46(31-38)41-19-11-12-20-42(41)48-45(34-15-7-3-8-16-34)32-44(33-13-5-2-6-14-33)47(49(43)48)35-17-9-4-10-18-35/h2-32,52H,1H3. The van der Waals surface area contributed by atoms with Gasteiger partial charge in [-0.1, -0.05) is 121 Å². The average Bonchev–Trinajstić information content (AvgIpc) is 3.22. The first-order valence-electron chi connectivity index (χ1n) is 17.5. The number of nitrogens with zero attached hydrogens (tertiary/aromatic N) is 1. The molecule has 9 aromatic rings. The molecule has 0 heterocycles. The summed E-state index contributed by atoms with van der Waals surface area (Å²) in [5.74, 6) is 0.822. The number of methoxy groups -OCH3 is 1. The number of anilines is 3. The largest absolute Gasteiger partial charge is 0.497 e. The van der Waals surface area contributed by atoms with E-state index in [-0.39, 0.29) is 0 Å². The molecule has 0 aliphatic carbocycles. The van der Waals surface area contributed by atoms with Crippen LogP contribution in [0.25, 0.3) is 65.7 Å². The number of hydrogen-bond acceptors (Lipinski definition) is 3. The van der Waals surface area contributed by atoms with Crippen LogP contribution in [0, 0.1) is 0 Å². The first-order valence-corrected chi connectivity index (χ1v) is 18.0. The van der Waals surface area contributed by atoms with E-state index in [9.17, 15) is 0 Å². The highest BCUT2D eigenvalue weighted by molar-refractivity contribution is 7.80. The number of ether oxygens (including phenoxy) is 1. The molecule has 0 saturated heterocycles. The smallest absolute Gasteiger partial charge is 0.119 e. The lowest BCUT2D eigenvalue weighted by Gasteiger charge is -2.27. The van der Waals surface area contributed by atoms with Crippen molar-refractivity contribution in [3.63, 3.8) is 0 Å². The fraction of sp³-hybridized carbons (Fsp3) is 0.0204. The molecule has 0 unspecified atom stereocenters. The van der Waals surface area contributed by atoms with Gasteiger partial charge in [0.05, 0.1) is 7.11 Å². The Morgan fingerprint density at radius 3 is 1.52 bits per heavy atom. The summed E-state index contributed by atoms with van der Waals surface area (Å²) in [4.78, 5) is 3.23. The van der Waals surface area contributed by atoms with Crippen LogP contribution in [0.2, 0.25) is 0 Å². The normalized spacial score (nSPS) is 11.3. The quantitative estimate of drug-likeness (QED) is 0.132. The fourth-order valence-electron chi connectivity index (χ4n) is 7.66. The lowest BCUT2D eigenvalue weighted by molar-refractivity contribution is 0.415. The SMILES string of the molecule is COc1ccc(N(c2ccc(S)cc2)c2ccc3c(c2)c2ccccc2c2c(-c4ccccc4)cc(-c4ccccc4)c(-c4ccccc4)c32)cc1. The van der Waals surface area contributed by atoms with Crippen LogP contribution in [0.4, 0.5) is 17.1 Å². The summed E-state index contributed by atoms with van der Waals surface area (Å²) >= 11 is 4.60. The number of rotatable bonds is 7. The van der Waals surface area contributed by atoms with Crippen LogP contribution in [-0.4, -0.2) is 7.11 Å². The Morgan fingerprint density at radius 2 is 0.904 bits per heavy atom. The van der Waals surface area contributed by atoms with Crippen molar-refractivity contribution in [1.82, 2.24) is 0 Å². The number of thiol groups is 1. The summed E-state index contributed by atoms with van der Waals surface area (Å²) in [6.45, 7) is 0. The summed E-state index contributed by atoms with van der Waals surface area (Å²) in [6, 6.07) is 67.4. The Morgan fingerprint density at radius 1 is 0.404 bits per heavy atom. The first kappa shape index (κ1) is 31.7. The van der Waals surface area contributed by atoms with Crippen LogP contribution in [-0.2, 0) is 0 Å². The van der Waals surface area contributed by atoms with Gasteiger partial charge in [-0.3, -0.25) is 0 Å². The van der Waals surface area contributed by atoms with Crippen molar-refractivity contribution in [2.24, 2.45) is 0 Å². The highest BCUT2D eigenvalue weighted by Crippen LogP contribution is 2.50. The number of hydrogen-bond donors (Lipinski definition) is 1. The lowest BCUT2D eigenvalue weighted by atomic mass is 9.81. The molecule has 248 valence electrons. The molecule has 0 aromatic heterocycles. The Kier molecular flexibility index (Phi) is 8.19. The molecule has 9 aromatic carbocycles. The molecule has 0 aliphatic rings. The molecule has 0 aliphatic heterocycles. The average molecular weight is 686 g/mol. The molecule has 2 nitrogen and oxygen atoms in total. The van der Waals surface area contributed by atoms with Gasteiger partial charge in [-0.25, -0.2) is 0 Å². The van der Waals surface area contributed by atoms with E-state index in [1.165, 1.54) is 65.7 Å². The topological polar surface area (TPSA) is 12.5 Å². The number of fused-ring (bicyclic) bond motifs is 6. The second-order valence-electron chi connectivity index (χ2n) is 13.0. The van der Waals surface area contributed by atoms with E-state index >= 15 is 0 Å². The third-order valence-electron chi connectivity index (χ3n) is 10.0. The minimum atomic E-state index is 0.822. The molecule has 0 fully saturated rings. The third kappa shape index (κ3) is 5.56. The predicted molar refractivity (Wildman–Crippen MR) is 224 cm³/mol. The van der Waals surface area contributed by atoms with Crippen molar-refractivity contribution in [1.29, 1.82) is 0 Å². The molecule has 52 heavy (non-hydrogen) atoms. The monoisotopic (exact) mass is 685 g/mol. The van der Waals surface area contributed by atoms with Gasteiger partial charge in [0.1, 0.15) is 5.75 Å². The zero-order valence-corrected chi connectivity index (χ0v) is 29.6. The third-order valence-corrected chi connectivity index (χ3v) is 10.3. The van der Waals surface area contributed by atoms with Gasteiger partial charge in [-0.2, -0.15) is 0 Å². The summed E-state index contributed by atoms with van der Waals surface area (Å²) in [7, 11) is 1.70. The van der Waals surface area contributed by atoms with E-state index in [1.54, 1.807) is 7.11 Å². The van der Waals surface area contributed by atoms with E-state index in [1.807, 2.05) is 24.3 Å². The van der Waals surface area contributed by atoms with Gasteiger partial charge in [0, 0.05) is 22.0 Å². The summed E-state index contributed by atoms with van der Waals surface area (Å²) in [5.41, 5.74) is 10.4. The maximum absolute atomic E-state index is 5.52. The van der Waals surface area contributed by atoms with E-state index in [2.05, 4.69) is 181 Å². The molecule has 0 N–H and O–H groups in total. The summed E-state index contributed by atoms with van der Waals surface area (Å²) in [6.07, 6.45) is 0. The van der Waals surface area contributed by atoms with E-state index in [0.29, 0.717) is 0 Å². The van der Waals surface area contributed by atoms with Gasteiger partial charge in [0.2, 0.25) is 0 Å². The minimum absolute atomic E-state index is 0.822. The molecular formula is C49H35NOS. The molecular weight excluding hydrogens is 651 g/mol. The Labute approximate surface area is 309 Å². The van der Waals surface area contributed by atoms with Crippen molar-refractivity contribution in [3.8, 4) is 39.1 Å². The fourth-order valence-corrected chi connectivity index (χ4v) is 7.80. The molecule has 0 spiro atoms. The molecule has 9 rings (SSSR count). The Hall–Kier alpha value is -6.29. The predicted octanol–water partition coefficient (Wildman–Crippen LogP) is 13.9. The van der Waals surface area contributed by atoms with Gasteiger partial charge >= 0.3 is 0 Å². The van der Waals surface area contributed by atoms with Crippen molar-refractivity contribution in [2.45, 2.75) is 4.90 Å². The molecule has 0 saturated carbocycles. The maximum atomic E-state index is 5.52. The van der Waals surface area contributed by atoms with Crippen LogP contribution in [0.1, 0.15) is 0 Å². The molecule has 0 amide bonds. The highest BCUT2D eigenvalue weighted by atomic mass is 32.1. The van der Waals surface area contributed by atoms with Gasteiger partial charge in [-0.15, -0.1) is 12.6 Å². The van der Waals surface area contributed by atoms with Crippen LogP contribution in [0.15, 0.2) is 193 Å². The summed E-state index contributed by atoms with van der Waals surface area (Å²) < 4.78 is 5.52. The molecule has 3 heteroatoms. The Balaban J connectivity index is 1.44. The molecule has 0 bridgehead atoms. The van der Waals surface area contributed by atoms with Crippen molar-refractivity contribution in [2.75, 3.05) is 12.0 Å². The zero-order valence-electron chi connectivity index (χ0n) is 28.7. The van der Waals surface area contributed by atoms with Gasteiger partial charge < -0.3 is 9.64 Å². The second-order valence-corrected chi connectivity index (χ2v) is 13.5. The maximum Gasteiger partial charge on any atom is 0.119 e. The zero-order chi connectivity index (χ0) is 35.0. The lowest BCUT2D eigenvalue weighted by Crippen LogP contribution is -2.10. The van der Waals surface area contributed by atoms with Gasteiger partial charge in [-0.05, 0) is 132 Å². The Bertz CT molecular complexity index is 2690. The highest BCUT2D eigenvalue weighted by Gasteiger charge is 2.22. The number of benzene rings is 9. The van der Waals surface area contributed by atoms with Crippen molar-refractivity contribution in [3.05, 3.63) is 188 Å². The summed E-state index contributed by atoms with van der Waals surface area (Å²) in [5, 5.41) is 7.38. The van der Waals surface area contributed by atoms with Crippen LogP contribution in [0.3, 0.4) is 0 Å². The van der Waals surface area contributed by atoms with Crippen LogP contribution in [0.5, 0.6) is 5.75 Å². The van der Waals surface area contributed by atoms with Gasteiger partial charge in [0.15, 0.2) is 0 Å². The van der Waals surface area contributed by atoms with Crippen LogP contribution < -0.4 is 9.64 Å². The molecule has 0 atom stereocenters. The van der Waals surface area contributed by atoms with Crippen molar-refractivity contribution >= 4 is 62.0 Å². The van der Waals surface area contributed by atoms with Crippen LogP contribution >= 0.6 is 12.6 Å². The first-order chi connectivity index (χ1) is 25.7. The second kappa shape index (κ2) is 13.4. The van der Waals surface area contributed by atoms with Crippen molar-refractivity contribution < 1.29 is 4.74 Å². The van der Waals surface area contributed by atoms with Gasteiger partial charge in [0.25, 0.3) is 0 Å². The van der Waals surface area contributed by atoms with E-state index < -0.39 is 0 Å². The van der Waals surface area contributed by atoms with E-state index in [4.69, 9.17) is 4.74 Å².